The van der Waals surface area contributed by atoms with E-state index in [1.165, 1.54) is 14.2 Å². The van der Waals surface area contributed by atoms with Gasteiger partial charge in [-0.3, -0.25) is 4.79 Å². The Hall–Kier alpha value is -2.73. The fourth-order valence-corrected chi connectivity index (χ4v) is 3.85. The molecule has 0 saturated carbocycles. The van der Waals surface area contributed by atoms with E-state index in [0.29, 0.717) is 22.6 Å². The van der Waals surface area contributed by atoms with Crippen molar-refractivity contribution in [1.29, 1.82) is 0 Å². The number of methoxy groups -OCH3 is 2. The molecule has 6 heteroatoms. The minimum atomic E-state index is -0.417. The summed E-state index contributed by atoms with van der Waals surface area (Å²) in [5.41, 5.74) is 1.18. The van der Waals surface area contributed by atoms with Crippen LogP contribution < -0.4 is 14.8 Å². The Balaban J connectivity index is 2.05. The maximum absolute atomic E-state index is 13.0. The van der Waals surface area contributed by atoms with Crippen molar-refractivity contribution >= 4 is 5.78 Å². The number of phenolic OH excluding ortho intramolecular Hbond substituents is 2. The van der Waals surface area contributed by atoms with Crippen LogP contribution in [0.25, 0.3) is 0 Å². The normalized spacial score (nSPS) is 25.3. The number of rotatable bonds is 4. The van der Waals surface area contributed by atoms with Crippen LogP contribution in [0.15, 0.2) is 36.4 Å². The van der Waals surface area contributed by atoms with Gasteiger partial charge in [0.25, 0.3) is 0 Å². The van der Waals surface area contributed by atoms with E-state index in [4.69, 9.17) is 9.47 Å². The summed E-state index contributed by atoms with van der Waals surface area (Å²) >= 11 is 0. The number of Topliss-reactive ketones (excluding diaryl/α,β-unsaturated/α-hetero) is 1. The van der Waals surface area contributed by atoms with Gasteiger partial charge in [-0.25, -0.2) is 0 Å². The summed E-state index contributed by atoms with van der Waals surface area (Å²) in [4.78, 5) is 13.0. The van der Waals surface area contributed by atoms with Crippen LogP contribution in [0.5, 0.6) is 23.0 Å². The smallest absolute Gasteiger partial charge is 0.162 e. The van der Waals surface area contributed by atoms with Crippen LogP contribution in [0.2, 0.25) is 0 Å². The topological polar surface area (TPSA) is 88.0 Å². The van der Waals surface area contributed by atoms with Crippen LogP contribution in [0.4, 0.5) is 0 Å². The first kappa shape index (κ1) is 19.0. The molecule has 27 heavy (non-hydrogen) atoms. The van der Waals surface area contributed by atoms with Crippen molar-refractivity contribution in [1.82, 2.24) is 5.32 Å². The lowest BCUT2D eigenvalue weighted by Gasteiger charge is -2.40. The molecule has 1 fully saturated rings. The minimum Gasteiger partial charge on any atom is -0.504 e. The van der Waals surface area contributed by atoms with E-state index in [2.05, 4.69) is 5.32 Å². The summed E-state index contributed by atoms with van der Waals surface area (Å²) < 4.78 is 10.4. The zero-order chi connectivity index (χ0) is 19.7. The lowest BCUT2D eigenvalue weighted by Crippen LogP contribution is -2.46. The van der Waals surface area contributed by atoms with E-state index in [9.17, 15) is 15.0 Å². The third-order valence-electron chi connectivity index (χ3n) is 5.43. The summed E-state index contributed by atoms with van der Waals surface area (Å²) in [6, 6.07) is 9.62. The molecule has 2 aromatic rings. The molecule has 6 nitrogen and oxygen atoms in total. The number of hydrogen-bond acceptors (Lipinski definition) is 6. The Morgan fingerprint density at radius 1 is 0.815 bits per heavy atom. The molecule has 1 heterocycles. The van der Waals surface area contributed by atoms with Crippen molar-refractivity contribution in [3.05, 3.63) is 47.5 Å². The fourth-order valence-electron chi connectivity index (χ4n) is 3.85. The van der Waals surface area contributed by atoms with Gasteiger partial charge in [0.15, 0.2) is 23.0 Å². The summed E-state index contributed by atoms with van der Waals surface area (Å²) in [6.45, 7) is 3.69. The van der Waals surface area contributed by atoms with Crippen molar-refractivity contribution in [2.75, 3.05) is 14.2 Å². The third-order valence-corrected chi connectivity index (χ3v) is 5.43. The number of ketones is 1. The zero-order valence-corrected chi connectivity index (χ0v) is 15.9. The first-order valence-corrected chi connectivity index (χ1v) is 8.92. The molecule has 0 aromatic heterocycles. The van der Waals surface area contributed by atoms with E-state index < -0.39 is 12.1 Å². The lowest BCUT2D eigenvalue weighted by atomic mass is 9.76. The summed E-state index contributed by atoms with van der Waals surface area (Å²) in [5.74, 6) is 0.111. The van der Waals surface area contributed by atoms with Gasteiger partial charge in [-0.05, 0) is 12.1 Å². The van der Waals surface area contributed by atoms with Gasteiger partial charge in [0.05, 0.1) is 14.2 Å². The third kappa shape index (κ3) is 3.21. The molecule has 144 valence electrons. The number of benzene rings is 2. The van der Waals surface area contributed by atoms with Gasteiger partial charge < -0.3 is 25.0 Å². The number of aromatic hydroxyl groups is 2. The number of piperidine rings is 1. The van der Waals surface area contributed by atoms with Gasteiger partial charge in [0.1, 0.15) is 5.78 Å². The van der Waals surface area contributed by atoms with E-state index in [1.54, 1.807) is 36.4 Å². The molecule has 0 spiro atoms. The Labute approximate surface area is 158 Å². The van der Waals surface area contributed by atoms with Crippen LogP contribution in [0.3, 0.4) is 0 Å². The number of carbonyl (C=O) groups excluding carboxylic acids is 1. The number of carbonyl (C=O) groups is 1. The van der Waals surface area contributed by atoms with Crippen LogP contribution in [-0.2, 0) is 4.79 Å². The van der Waals surface area contributed by atoms with Gasteiger partial charge in [0, 0.05) is 35.0 Å². The molecule has 0 amide bonds. The average Bonchev–Trinajstić information content (AvgIpc) is 2.68. The average molecular weight is 371 g/mol. The predicted molar refractivity (Wildman–Crippen MR) is 101 cm³/mol. The summed E-state index contributed by atoms with van der Waals surface area (Å²) in [6.07, 6.45) is 0. The number of para-hydroxylation sites is 2. The van der Waals surface area contributed by atoms with Crippen molar-refractivity contribution < 1.29 is 24.5 Å². The maximum atomic E-state index is 13.0. The second-order valence-corrected chi connectivity index (χ2v) is 6.90. The largest absolute Gasteiger partial charge is 0.504 e. The van der Waals surface area contributed by atoms with Gasteiger partial charge in [-0.2, -0.15) is 0 Å². The highest BCUT2D eigenvalue weighted by molar-refractivity contribution is 5.86. The minimum absolute atomic E-state index is 0.0142. The Bertz CT molecular complexity index is 783. The standard InChI is InChI=1S/C21H25NO5/c1-11-17(13-7-5-9-15(26-3)20(13)24)22-18(12(2)19(11)23)14-8-6-10-16(27-4)21(14)25/h5-12,17-18,22,24-25H,1-4H3/t11-,12-,17-,18-/m0/s1. The fraction of sp³-hybridized carbons (Fsp3) is 0.381. The highest BCUT2D eigenvalue weighted by Gasteiger charge is 2.42. The lowest BCUT2D eigenvalue weighted by molar-refractivity contribution is -0.130. The van der Waals surface area contributed by atoms with Gasteiger partial charge in [-0.15, -0.1) is 0 Å². The first-order valence-electron chi connectivity index (χ1n) is 8.92. The molecular formula is C21H25NO5. The van der Waals surface area contributed by atoms with Crippen molar-refractivity contribution in [2.45, 2.75) is 25.9 Å². The molecule has 0 bridgehead atoms. The van der Waals surface area contributed by atoms with Gasteiger partial charge in [0.2, 0.25) is 0 Å². The van der Waals surface area contributed by atoms with E-state index in [-0.39, 0.29) is 29.1 Å². The molecule has 0 radical (unpaired) electrons. The molecule has 1 aliphatic heterocycles. The van der Waals surface area contributed by atoms with Crippen molar-refractivity contribution in [3.8, 4) is 23.0 Å². The van der Waals surface area contributed by atoms with Crippen LogP contribution in [0.1, 0.15) is 37.1 Å². The highest BCUT2D eigenvalue weighted by Crippen LogP contribution is 2.45. The molecule has 0 unspecified atom stereocenters. The Morgan fingerprint density at radius 3 is 1.59 bits per heavy atom. The maximum Gasteiger partial charge on any atom is 0.162 e. The van der Waals surface area contributed by atoms with E-state index in [1.807, 2.05) is 13.8 Å². The quantitative estimate of drug-likeness (QED) is 0.764. The molecule has 2 aromatic carbocycles. The molecular weight excluding hydrogens is 346 g/mol. The van der Waals surface area contributed by atoms with E-state index in [0.717, 1.165) is 0 Å². The zero-order valence-electron chi connectivity index (χ0n) is 15.9. The highest BCUT2D eigenvalue weighted by atomic mass is 16.5. The van der Waals surface area contributed by atoms with E-state index >= 15 is 0 Å². The number of hydrogen-bond donors (Lipinski definition) is 3. The van der Waals surface area contributed by atoms with Crippen molar-refractivity contribution in [3.63, 3.8) is 0 Å². The van der Waals surface area contributed by atoms with Crippen LogP contribution in [0, 0.1) is 11.8 Å². The molecule has 4 atom stereocenters. The number of nitrogens with one attached hydrogen (secondary N) is 1. The molecule has 1 saturated heterocycles. The van der Waals surface area contributed by atoms with Crippen LogP contribution in [-0.4, -0.2) is 30.2 Å². The summed E-state index contributed by atoms with van der Waals surface area (Å²) in [7, 11) is 2.97. The first-order chi connectivity index (χ1) is 12.9. The number of ether oxygens (including phenoxy) is 2. The summed E-state index contributed by atoms with van der Waals surface area (Å²) in [5, 5.41) is 24.6. The monoisotopic (exact) mass is 371 g/mol. The Morgan fingerprint density at radius 2 is 1.22 bits per heavy atom. The van der Waals surface area contributed by atoms with Gasteiger partial charge >= 0.3 is 0 Å². The second kappa shape index (κ2) is 7.48. The molecule has 0 aliphatic carbocycles. The van der Waals surface area contributed by atoms with Gasteiger partial charge in [-0.1, -0.05) is 38.1 Å². The van der Waals surface area contributed by atoms with Crippen LogP contribution >= 0.6 is 0 Å². The molecule has 3 rings (SSSR count). The van der Waals surface area contributed by atoms with Crippen molar-refractivity contribution in [2.24, 2.45) is 11.8 Å². The molecule has 3 N–H and O–H groups in total. The predicted octanol–water partition coefficient (Wildman–Crippen LogP) is 3.34. The number of phenols is 2. The molecule has 1 aliphatic rings. The second-order valence-electron chi connectivity index (χ2n) is 6.90. The Kier molecular flexibility index (Phi) is 5.28. The SMILES string of the molecule is COc1cccc([C@H]2N[C@H](c3cccc(OC)c3O)[C@H](C)C(=O)[C@H]2C)c1O.